The van der Waals surface area contributed by atoms with Crippen LogP contribution in [-0.2, 0) is 28.7 Å². The number of ketones is 2. The molecule has 1 unspecified atom stereocenters. The summed E-state index contributed by atoms with van der Waals surface area (Å²) in [5, 5.41) is 33.4. The number of nitrogens with zero attached hydrogens (tertiary/aromatic N) is 1. The predicted molar refractivity (Wildman–Crippen MR) is 201 cm³/mol. The number of piperidine rings is 1. The SMILES string of the molecule is C=CCC(CC=C)C(=O)C[C@H](O)[C@@H](C)[C@H](OC(=O)C1CCCCN1C(=O)C(=O)[C@]1(O)O[C@@H]([C@@H](C)/C=C\C)CC[C@H]1C)[C@H](C)C[C@@H]1CC[C@@H](O)[C@H](C)C1. The van der Waals surface area contributed by atoms with Crippen LogP contribution in [0.15, 0.2) is 37.5 Å². The maximum Gasteiger partial charge on any atom is 0.329 e. The van der Waals surface area contributed by atoms with Gasteiger partial charge in [0.25, 0.3) is 11.7 Å². The molecular formula is C42H67NO9. The third-order valence-corrected chi connectivity index (χ3v) is 12.2. The molecule has 2 aliphatic heterocycles. The fraction of sp³-hybridized carbons (Fsp3) is 0.762. The van der Waals surface area contributed by atoms with Crippen molar-refractivity contribution in [1.29, 1.82) is 0 Å². The highest BCUT2D eigenvalue weighted by atomic mass is 16.6. The van der Waals surface area contributed by atoms with Gasteiger partial charge in [-0.15, -0.1) is 13.2 Å². The lowest BCUT2D eigenvalue weighted by Crippen LogP contribution is -2.61. The lowest BCUT2D eigenvalue weighted by molar-refractivity contribution is -0.267. The van der Waals surface area contributed by atoms with Crippen LogP contribution in [0.25, 0.3) is 0 Å². The predicted octanol–water partition coefficient (Wildman–Crippen LogP) is 6.11. The highest BCUT2D eigenvalue weighted by Gasteiger charge is 2.53. The third kappa shape index (κ3) is 11.0. The number of aliphatic hydroxyl groups excluding tert-OH is 2. The molecule has 2 saturated heterocycles. The fourth-order valence-electron chi connectivity index (χ4n) is 8.65. The number of esters is 1. The number of hydrogen-bond acceptors (Lipinski definition) is 9. The molecule has 0 spiro atoms. The molecule has 2 heterocycles. The summed E-state index contributed by atoms with van der Waals surface area (Å²) in [4.78, 5) is 56.4. The van der Waals surface area contributed by atoms with Gasteiger partial charge in [-0.2, -0.15) is 0 Å². The first-order chi connectivity index (χ1) is 24.6. The molecule has 10 heteroatoms. The number of amides is 1. The van der Waals surface area contributed by atoms with Crippen molar-refractivity contribution in [2.24, 2.45) is 41.4 Å². The number of Topliss-reactive ketones (excluding diaryl/α,β-unsaturated/α-hetero) is 2. The lowest BCUT2D eigenvalue weighted by Gasteiger charge is -2.43. The van der Waals surface area contributed by atoms with Gasteiger partial charge in [-0.05, 0) is 95.3 Å². The Kier molecular flexibility index (Phi) is 16.9. The molecule has 0 radical (unpaired) electrons. The lowest BCUT2D eigenvalue weighted by atomic mass is 9.74. The number of hydrogen-bond donors (Lipinski definition) is 3. The smallest absolute Gasteiger partial charge is 0.329 e. The molecule has 3 rings (SSSR count). The summed E-state index contributed by atoms with van der Waals surface area (Å²) in [6.07, 6.45) is 11.0. The number of rotatable bonds is 18. The van der Waals surface area contributed by atoms with E-state index in [2.05, 4.69) is 13.2 Å². The van der Waals surface area contributed by atoms with Gasteiger partial charge in [0.1, 0.15) is 17.9 Å². The molecule has 0 bridgehead atoms. The second kappa shape index (κ2) is 20.1. The normalized spacial score (nSPS) is 31.3. The van der Waals surface area contributed by atoms with Gasteiger partial charge in [0, 0.05) is 36.6 Å². The number of likely N-dealkylation sites (tertiary alicyclic amines) is 1. The van der Waals surface area contributed by atoms with E-state index in [0.717, 1.165) is 12.8 Å². The van der Waals surface area contributed by atoms with Crippen LogP contribution in [0.4, 0.5) is 0 Å². The van der Waals surface area contributed by atoms with E-state index in [-0.39, 0.29) is 60.9 Å². The number of carbonyl (C=O) groups excluding carboxylic acids is 4. The Morgan fingerprint density at radius 1 is 1.00 bits per heavy atom. The molecule has 0 aromatic heterocycles. The molecule has 0 aromatic rings. The van der Waals surface area contributed by atoms with E-state index in [9.17, 15) is 34.5 Å². The van der Waals surface area contributed by atoms with E-state index < -0.39 is 59.6 Å². The van der Waals surface area contributed by atoms with E-state index in [1.165, 1.54) is 4.90 Å². The summed E-state index contributed by atoms with van der Waals surface area (Å²) in [5.74, 6) is -6.60. The molecule has 3 fully saturated rings. The molecule has 294 valence electrons. The Bertz CT molecular complexity index is 1260. The Hall–Kier alpha value is -2.66. The van der Waals surface area contributed by atoms with Gasteiger partial charge in [-0.25, -0.2) is 4.79 Å². The summed E-state index contributed by atoms with van der Waals surface area (Å²) in [7, 11) is 0. The summed E-state index contributed by atoms with van der Waals surface area (Å²) in [6, 6.07) is -1.06. The Morgan fingerprint density at radius 3 is 2.29 bits per heavy atom. The molecule has 0 aromatic carbocycles. The molecule has 1 aliphatic carbocycles. The molecular weight excluding hydrogens is 662 g/mol. The second-order valence-corrected chi connectivity index (χ2v) is 16.2. The number of carbonyl (C=O) groups is 4. The van der Waals surface area contributed by atoms with Gasteiger partial charge in [0.05, 0.1) is 18.3 Å². The average molecular weight is 730 g/mol. The van der Waals surface area contributed by atoms with Gasteiger partial charge >= 0.3 is 5.97 Å². The van der Waals surface area contributed by atoms with Crippen LogP contribution in [0.2, 0.25) is 0 Å². The number of allylic oxidation sites excluding steroid dienone is 3. The zero-order valence-corrected chi connectivity index (χ0v) is 32.6. The molecule has 3 N–H and O–H groups in total. The van der Waals surface area contributed by atoms with Crippen molar-refractivity contribution < 1.29 is 44.0 Å². The molecule has 1 amide bonds. The second-order valence-electron chi connectivity index (χ2n) is 16.2. The number of aliphatic hydroxyl groups is 3. The van der Waals surface area contributed by atoms with Gasteiger partial charge < -0.3 is 29.7 Å². The molecule has 52 heavy (non-hydrogen) atoms. The molecule has 1 saturated carbocycles. The molecule has 3 aliphatic rings. The van der Waals surface area contributed by atoms with Gasteiger partial charge in [0.2, 0.25) is 5.79 Å². The van der Waals surface area contributed by atoms with Crippen LogP contribution in [-0.4, -0.2) is 86.5 Å². The van der Waals surface area contributed by atoms with Crippen molar-refractivity contribution in [3.63, 3.8) is 0 Å². The summed E-state index contributed by atoms with van der Waals surface area (Å²) in [5.41, 5.74) is 0. The van der Waals surface area contributed by atoms with Crippen molar-refractivity contribution >= 4 is 23.4 Å². The first kappa shape index (κ1) is 43.7. The minimum absolute atomic E-state index is 0.0760. The quantitative estimate of drug-likeness (QED) is 0.0863. The Morgan fingerprint density at radius 2 is 1.67 bits per heavy atom. The first-order valence-electron chi connectivity index (χ1n) is 19.8. The van der Waals surface area contributed by atoms with Gasteiger partial charge in [-0.1, -0.05) is 58.9 Å². The van der Waals surface area contributed by atoms with Crippen LogP contribution < -0.4 is 0 Å². The van der Waals surface area contributed by atoms with Crippen molar-refractivity contribution in [2.45, 2.75) is 155 Å². The van der Waals surface area contributed by atoms with E-state index in [1.54, 1.807) is 26.0 Å². The summed E-state index contributed by atoms with van der Waals surface area (Å²) >= 11 is 0. The van der Waals surface area contributed by atoms with Crippen molar-refractivity contribution in [1.82, 2.24) is 4.90 Å². The van der Waals surface area contributed by atoms with Gasteiger partial charge in [0.15, 0.2) is 0 Å². The zero-order valence-electron chi connectivity index (χ0n) is 32.6. The highest BCUT2D eigenvalue weighted by Crippen LogP contribution is 2.38. The van der Waals surface area contributed by atoms with E-state index in [0.29, 0.717) is 51.4 Å². The average Bonchev–Trinajstić information content (AvgIpc) is 3.12. The zero-order chi connectivity index (χ0) is 38.7. The van der Waals surface area contributed by atoms with E-state index in [1.807, 2.05) is 39.8 Å². The Labute approximate surface area is 312 Å². The summed E-state index contributed by atoms with van der Waals surface area (Å²) < 4.78 is 12.3. The van der Waals surface area contributed by atoms with E-state index in [4.69, 9.17) is 9.47 Å². The van der Waals surface area contributed by atoms with Crippen LogP contribution in [0.3, 0.4) is 0 Å². The Balaban J connectivity index is 1.84. The topological polar surface area (TPSA) is 151 Å². The number of ether oxygens (including phenoxy) is 2. The third-order valence-electron chi connectivity index (χ3n) is 12.2. The van der Waals surface area contributed by atoms with Crippen molar-refractivity contribution in [2.75, 3.05) is 6.54 Å². The summed E-state index contributed by atoms with van der Waals surface area (Å²) in [6.45, 7) is 19.0. The van der Waals surface area contributed by atoms with Crippen LogP contribution in [0, 0.1) is 41.4 Å². The maximum atomic E-state index is 14.2. The first-order valence-corrected chi connectivity index (χ1v) is 19.8. The van der Waals surface area contributed by atoms with Crippen LogP contribution in [0.5, 0.6) is 0 Å². The minimum Gasteiger partial charge on any atom is -0.460 e. The van der Waals surface area contributed by atoms with E-state index >= 15 is 0 Å². The maximum absolute atomic E-state index is 14.2. The fourth-order valence-corrected chi connectivity index (χ4v) is 8.65. The molecule has 10 nitrogen and oxygen atoms in total. The standard InChI is InChI=1S/C42H67NO9/c1-9-14-26(4)37-21-18-29(7)42(50,52-37)39(47)40(48)43-22-13-12-17-33(43)41(49)51-38(28(6)24-31-19-20-34(44)27(5)23-31)30(8)35(45)25-36(46)32(15-10-2)16-11-3/h9-11,14,26-35,37-38,44-45,50H,2-3,12-13,15-25H2,1,4-8H3/b14-9-/t26-,27+,28+,29+,30+,31+,33?,34+,35-,37+,38+,42+/m0/s1. The largest absolute Gasteiger partial charge is 0.460 e. The highest BCUT2D eigenvalue weighted by molar-refractivity contribution is 6.39. The van der Waals surface area contributed by atoms with Crippen molar-refractivity contribution in [3.05, 3.63) is 37.5 Å². The van der Waals surface area contributed by atoms with Crippen molar-refractivity contribution in [3.8, 4) is 0 Å². The minimum atomic E-state index is -2.32. The van der Waals surface area contributed by atoms with Crippen LogP contribution >= 0.6 is 0 Å². The van der Waals surface area contributed by atoms with Crippen LogP contribution in [0.1, 0.15) is 119 Å². The monoisotopic (exact) mass is 729 g/mol. The molecule has 12 atom stereocenters. The van der Waals surface area contributed by atoms with Gasteiger partial charge in [-0.3, -0.25) is 14.4 Å².